The number of nitrogens with zero attached hydrogens (tertiary/aromatic N) is 4. The van der Waals surface area contributed by atoms with Crippen molar-refractivity contribution in [3.8, 4) is 0 Å². The van der Waals surface area contributed by atoms with Gasteiger partial charge in [0, 0.05) is 19.1 Å². The minimum atomic E-state index is 0.276. The van der Waals surface area contributed by atoms with Crippen molar-refractivity contribution in [1.29, 1.82) is 0 Å². The van der Waals surface area contributed by atoms with Crippen LogP contribution in [0.3, 0.4) is 0 Å². The minimum Gasteiger partial charge on any atom is -0.352 e. The van der Waals surface area contributed by atoms with E-state index >= 15 is 0 Å². The second-order valence-corrected chi connectivity index (χ2v) is 4.43. The molecular formula is C10H20N6S. The van der Waals surface area contributed by atoms with Crippen LogP contribution in [-0.2, 0) is 0 Å². The summed E-state index contributed by atoms with van der Waals surface area (Å²) in [7, 11) is 0. The Balaban J connectivity index is 3.03. The lowest BCUT2D eigenvalue weighted by atomic mass is 10.4. The SMILES string of the molecule is CCN(CC)c1nc(NC(C)C)nc(SN)n1. The molecular weight excluding hydrogens is 236 g/mol. The first-order valence-electron chi connectivity index (χ1n) is 5.75. The highest BCUT2D eigenvalue weighted by molar-refractivity contribution is 7.96. The number of nitrogens with one attached hydrogen (secondary N) is 1. The molecule has 1 heterocycles. The maximum absolute atomic E-state index is 5.52. The number of aromatic nitrogens is 3. The van der Waals surface area contributed by atoms with E-state index < -0.39 is 0 Å². The topological polar surface area (TPSA) is 80.0 Å². The van der Waals surface area contributed by atoms with Crippen molar-refractivity contribution in [2.24, 2.45) is 5.14 Å². The zero-order valence-corrected chi connectivity index (χ0v) is 11.6. The average Bonchev–Trinajstić information content (AvgIpc) is 2.29. The number of rotatable bonds is 6. The van der Waals surface area contributed by atoms with Gasteiger partial charge in [-0.3, -0.25) is 5.14 Å². The van der Waals surface area contributed by atoms with Crippen LogP contribution in [0.2, 0.25) is 0 Å². The van der Waals surface area contributed by atoms with Gasteiger partial charge in [0.15, 0.2) is 0 Å². The summed E-state index contributed by atoms with van der Waals surface area (Å²) in [6.45, 7) is 9.93. The van der Waals surface area contributed by atoms with E-state index in [9.17, 15) is 0 Å². The molecule has 0 aliphatic rings. The molecule has 0 radical (unpaired) electrons. The lowest BCUT2D eigenvalue weighted by Gasteiger charge is -2.19. The Morgan fingerprint density at radius 1 is 1.24 bits per heavy atom. The van der Waals surface area contributed by atoms with E-state index in [4.69, 9.17) is 5.14 Å². The standard InChI is InChI=1S/C10H20N6S/c1-5-16(6-2)9-13-8(12-7(3)4)14-10(15-9)17-11/h7H,5-6,11H2,1-4H3,(H,12,13,14,15). The second-order valence-electron chi connectivity index (χ2n) is 3.83. The largest absolute Gasteiger partial charge is 0.352 e. The highest BCUT2D eigenvalue weighted by atomic mass is 32.2. The van der Waals surface area contributed by atoms with Crippen molar-refractivity contribution in [1.82, 2.24) is 15.0 Å². The van der Waals surface area contributed by atoms with Gasteiger partial charge in [-0.25, -0.2) is 0 Å². The van der Waals surface area contributed by atoms with Crippen LogP contribution in [0, 0.1) is 0 Å². The number of anilines is 2. The summed E-state index contributed by atoms with van der Waals surface area (Å²) in [6, 6.07) is 0.276. The summed E-state index contributed by atoms with van der Waals surface area (Å²) >= 11 is 1.03. The van der Waals surface area contributed by atoms with E-state index in [0.717, 1.165) is 25.0 Å². The van der Waals surface area contributed by atoms with Gasteiger partial charge < -0.3 is 10.2 Å². The molecule has 1 aromatic heterocycles. The average molecular weight is 256 g/mol. The fourth-order valence-corrected chi connectivity index (χ4v) is 1.64. The molecule has 0 unspecified atom stereocenters. The molecule has 0 saturated heterocycles. The van der Waals surface area contributed by atoms with Gasteiger partial charge >= 0.3 is 0 Å². The van der Waals surface area contributed by atoms with Crippen LogP contribution >= 0.6 is 11.9 Å². The monoisotopic (exact) mass is 256 g/mol. The van der Waals surface area contributed by atoms with Crippen LogP contribution in [0.1, 0.15) is 27.7 Å². The van der Waals surface area contributed by atoms with Gasteiger partial charge in [-0.1, -0.05) is 0 Å². The lowest BCUT2D eigenvalue weighted by Crippen LogP contribution is -2.25. The molecule has 0 bridgehead atoms. The Bertz CT molecular complexity index is 353. The van der Waals surface area contributed by atoms with E-state index in [1.54, 1.807) is 0 Å². The number of hydrogen-bond donors (Lipinski definition) is 2. The number of nitrogens with two attached hydrogens (primary N) is 1. The van der Waals surface area contributed by atoms with Crippen molar-refractivity contribution in [2.45, 2.75) is 38.9 Å². The van der Waals surface area contributed by atoms with Crippen LogP contribution in [0.15, 0.2) is 5.16 Å². The molecule has 17 heavy (non-hydrogen) atoms. The van der Waals surface area contributed by atoms with Gasteiger partial charge in [-0.15, -0.1) is 0 Å². The molecule has 7 heteroatoms. The molecule has 6 nitrogen and oxygen atoms in total. The zero-order valence-electron chi connectivity index (χ0n) is 10.8. The predicted octanol–water partition coefficient (Wildman–Crippen LogP) is 1.50. The van der Waals surface area contributed by atoms with Gasteiger partial charge in [0.1, 0.15) is 0 Å². The third-order valence-corrected chi connectivity index (χ3v) is 2.57. The third-order valence-electron chi connectivity index (χ3n) is 2.17. The van der Waals surface area contributed by atoms with Crippen LogP contribution in [0.4, 0.5) is 11.9 Å². The first-order chi connectivity index (χ1) is 8.10. The van der Waals surface area contributed by atoms with Crippen LogP contribution in [0.5, 0.6) is 0 Å². The second kappa shape index (κ2) is 6.61. The summed E-state index contributed by atoms with van der Waals surface area (Å²) < 4.78 is 0. The maximum Gasteiger partial charge on any atom is 0.231 e. The van der Waals surface area contributed by atoms with E-state index in [1.807, 2.05) is 13.8 Å². The van der Waals surface area contributed by atoms with Crippen molar-refractivity contribution in [3.05, 3.63) is 0 Å². The molecule has 1 rings (SSSR count). The minimum absolute atomic E-state index is 0.276. The molecule has 0 saturated carbocycles. The van der Waals surface area contributed by atoms with Crippen LogP contribution in [-0.4, -0.2) is 34.1 Å². The van der Waals surface area contributed by atoms with Crippen molar-refractivity contribution in [2.75, 3.05) is 23.3 Å². The molecule has 0 aliphatic heterocycles. The van der Waals surface area contributed by atoms with Gasteiger partial charge in [0.2, 0.25) is 17.1 Å². The van der Waals surface area contributed by atoms with Gasteiger partial charge in [0.25, 0.3) is 0 Å². The fourth-order valence-electron chi connectivity index (χ4n) is 1.37. The Hall–Kier alpha value is -1.08. The summed E-state index contributed by atoms with van der Waals surface area (Å²) in [4.78, 5) is 15.0. The summed E-state index contributed by atoms with van der Waals surface area (Å²) in [5.74, 6) is 1.24. The van der Waals surface area contributed by atoms with Crippen molar-refractivity contribution < 1.29 is 0 Å². The highest BCUT2D eigenvalue weighted by Crippen LogP contribution is 2.15. The molecule has 0 spiro atoms. The van der Waals surface area contributed by atoms with Crippen molar-refractivity contribution in [3.63, 3.8) is 0 Å². The molecule has 0 aliphatic carbocycles. The van der Waals surface area contributed by atoms with Gasteiger partial charge in [-0.2, -0.15) is 15.0 Å². The Labute approximate surface area is 107 Å². The predicted molar refractivity (Wildman–Crippen MR) is 72.2 cm³/mol. The smallest absolute Gasteiger partial charge is 0.231 e. The van der Waals surface area contributed by atoms with E-state index in [0.29, 0.717) is 17.1 Å². The first-order valence-corrected chi connectivity index (χ1v) is 6.62. The first kappa shape index (κ1) is 14.0. The number of hydrogen-bond acceptors (Lipinski definition) is 7. The van der Waals surface area contributed by atoms with Gasteiger partial charge in [0.05, 0.1) is 0 Å². The quantitative estimate of drug-likeness (QED) is 0.747. The molecule has 1 aromatic rings. The maximum atomic E-state index is 5.52. The lowest BCUT2D eigenvalue weighted by molar-refractivity contribution is 0.772. The molecule has 0 fully saturated rings. The zero-order chi connectivity index (χ0) is 12.8. The summed E-state index contributed by atoms with van der Waals surface area (Å²) in [6.07, 6.45) is 0. The molecule has 0 aromatic carbocycles. The van der Waals surface area contributed by atoms with Crippen LogP contribution < -0.4 is 15.4 Å². The Kier molecular flexibility index (Phi) is 5.43. The van der Waals surface area contributed by atoms with Crippen LogP contribution in [0.25, 0.3) is 0 Å². The van der Waals surface area contributed by atoms with Gasteiger partial charge in [-0.05, 0) is 39.6 Å². The third kappa shape index (κ3) is 4.01. The normalized spacial score (nSPS) is 10.7. The summed E-state index contributed by atoms with van der Waals surface area (Å²) in [5, 5.41) is 9.22. The van der Waals surface area contributed by atoms with E-state index in [1.165, 1.54) is 0 Å². The molecule has 3 N–H and O–H groups in total. The van der Waals surface area contributed by atoms with E-state index in [-0.39, 0.29) is 6.04 Å². The molecule has 96 valence electrons. The Morgan fingerprint density at radius 2 is 1.88 bits per heavy atom. The molecule has 0 atom stereocenters. The van der Waals surface area contributed by atoms with Crippen molar-refractivity contribution >= 4 is 23.8 Å². The summed E-state index contributed by atoms with van der Waals surface area (Å²) in [5.41, 5.74) is 0. The van der Waals surface area contributed by atoms with E-state index in [2.05, 4.69) is 39.0 Å². The fraction of sp³-hybridized carbons (Fsp3) is 0.700. The Morgan fingerprint density at radius 3 is 2.35 bits per heavy atom. The highest BCUT2D eigenvalue weighted by Gasteiger charge is 2.11. The molecule has 0 amide bonds.